The first kappa shape index (κ1) is 37.2. The molecule has 5 heteroatoms. The van der Waals surface area contributed by atoms with Crippen LogP contribution in [0, 0.1) is 0 Å². The topological polar surface area (TPSA) is 48.5 Å². The van der Waals surface area contributed by atoms with Gasteiger partial charge in [-0.15, -0.1) is 0 Å². The van der Waals surface area contributed by atoms with Gasteiger partial charge in [-0.25, -0.2) is 4.98 Å². The number of hydrogen-bond donors (Lipinski definition) is 0. The summed E-state index contributed by atoms with van der Waals surface area (Å²) in [4.78, 5) is 16.3. The van der Waals surface area contributed by atoms with Gasteiger partial charge in [-0.05, 0) is 74.8 Å². The van der Waals surface area contributed by atoms with Crippen molar-refractivity contribution in [2.45, 2.75) is 19.3 Å². The Morgan fingerprint density at radius 1 is 0.354 bits per heavy atom. The van der Waals surface area contributed by atoms with Crippen LogP contribution in [-0.4, -0.2) is 24.1 Å². The average Bonchev–Trinajstić information content (AvgIpc) is 3.98. The molecule has 5 nitrogen and oxygen atoms in total. The SMILES string of the molecule is CC1(C)c2ccccc2-c2cccc(-c3nc(-c4ccccc4)nc(-n4c5ccccc5c5ccc6c7ccccc7n(-c7cccc(-c8cccc(-c9ccccc9)c8)c7)c6c54)n3)c21. The second-order valence-corrected chi connectivity index (χ2v) is 17.6. The van der Waals surface area contributed by atoms with Crippen molar-refractivity contribution in [3.63, 3.8) is 0 Å². The van der Waals surface area contributed by atoms with Gasteiger partial charge in [0, 0.05) is 43.8 Å². The van der Waals surface area contributed by atoms with Gasteiger partial charge in [0.2, 0.25) is 5.95 Å². The number of fused-ring (bicyclic) bond motifs is 10. The normalized spacial score (nSPS) is 12.9. The van der Waals surface area contributed by atoms with Crippen LogP contribution in [0.1, 0.15) is 25.0 Å². The van der Waals surface area contributed by atoms with E-state index in [2.05, 4.69) is 217 Å². The van der Waals surface area contributed by atoms with Crippen molar-refractivity contribution in [2.75, 3.05) is 0 Å². The average molecular weight is 832 g/mol. The van der Waals surface area contributed by atoms with Crippen molar-refractivity contribution in [1.29, 1.82) is 0 Å². The molecule has 3 aromatic heterocycles. The molecule has 1 aliphatic carbocycles. The van der Waals surface area contributed by atoms with Crippen LogP contribution in [0.25, 0.3) is 111 Å². The summed E-state index contributed by atoms with van der Waals surface area (Å²) in [5.74, 6) is 1.85. The minimum absolute atomic E-state index is 0.264. The molecular weight excluding hydrogens is 791 g/mol. The van der Waals surface area contributed by atoms with Gasteiger partial charge in [-0.2, -0.15) is 9.97 Å². The molecule has 9 aromatic carbocycles. The predicted octanol–water partition coefficient (Wildman–Crippen LogP) is 15.0. The highest BCUT2D eigenvalue weighted by Gasteiger charge is 2.38. The Hall–Kier alpha value is -8.41. The second-order valence-electron chi connectivity index (χ2n) is 17.6. The molecule has 0 fully saturated rings. The molecule has 0 amide bonds. The Morgan fingerprint density at radius 3 is 1.60 bits per heavy atom. The molecular formula is C60H41N5. The number of nitrogens with zero attached hydrogens (tertiary/aromatic N) is 5. The highest BCUT2D eigenvalue weighted by atomic mass is 15.2. The van der Waals surface area contributed by atoms with Crippen LogP contribution < -0.4 is 0 Å². The van der Waals surface area contributed by atoms with E-state index >= 15 is 0 Å². The van der Waals surface area contributed by atoms with E-state index in [1.165, 1.54) is 38.8 Å². The second kappa shape index (κ2) is 14.3. The van der Waals surface area contributed by atoms with Gasteiger partial charge in [-0.1, -0.05) is 196 Å². The molecule has 0 saturated heterocycles. The van der Waals surface area contributed by atoms with Crippen molar-refractivity contribution >= 4 is 43.6 Å². The molecule has 1 aliphatic rings. The molecule has 0 N–H and O–H groups in total. The van der Waals surface area contributed by atoms with E-state index in [1.807, 2.05) is 18.2 Å². The van der Waals surface area contributed by atoms with E-state index in [9.17, 15) is 0 Å². The predicted molar refractivity (Wildman–Crippen MR) is 268 cm³/mol. The lowest BCUT2D eigenvalue weighted by molar-refractivity contribution is 0.661. The molecule has 0 radical (unpaired) electrons. The zero-order chi connectivity index (χ0) is 43.2. The minimum atomic E-state index is -0.264. The zero-order valence-electron chi connectivity index (χ0n) is 35.9. The third-order valence-electron chi connectivity index (χ3n) is 13.6. The number of aromatic nitrogens is 5. The Bertz CT molecular complexity index is 3860. The monoisotopic (exact) mass is 831 g/mol. The molecule has 306 valence electrons. The molecule has 13 rings (SSSR count). The molecule has 0 unspecified atom stereocenters. The summed E-state index contributed by atoms with van der Waals surface area (Å²) < 4.78 is 4.73. The van der Waals surface area contributed by atoms with Crippen LogP contribution in [0.4, 0.5) is 0 Å². The summed E-state index contributed by atoms with van der Waals surface area (Å²) in [6, 6.07) is 76.0. The van der Waals surface area contributed by atoms with Crippen LogP contribution >= 0.6 is 0 Å². The smallest absolute Gasteiger partial charge is 0.238 e. The van der Waals surface area contributed by atoms with E-state index < -0.39 is 0 Å². The quantitative estimate of drug-likeness (QED) is 0.168. The Morgan fingerprint density at radius 2 is 0.862 bits per heavy atom. The lowest BCUT2D eigenvalue weighted by Gasteiger charge is -2.24. The molecule has 12 aromatic rings. The maximum atomic E-state index is 5.56. The summed E-state index contributed by atoms with van der Waals surface area (Å²) in [5, 5.41) is 4.60. The molecule has 3 heterocycles. The van der Waals surface area contributed by atoms with E-state index in [0.717, 1.165) is 66.2 Å². The molecule has 0 bridgehead atoms. The highest BCUT2D eigenvalue weighted by molar-refractivity contribution is 6.23. The number of rotatable bonds is 6. The van der Waals surface area contributed by atoms with Gasteiger partial charge in [-0.3, -0.25) is 4.57 Å². The number of para-hydroxylation sites is 2. The van der Waals surface area contributed by atoms with Crippen LogP contribution in [-0.2, 0) is 5.41 Å². The maximum absolute atomic E-state index is 5.56. The molecule has 65 heavy (non-hydrogen) atoms. The Labute approximate surface area is 376 Å². The number of hydrogen-bond acceptors (Lipinski definition) is 3. The van der Waals surface area contributed by atoms with Crippen LogP contribution in [0.2, 0.25) is 0 Å². The van der Waals surface area contributed by atoms with E-state index in [0.29, 0.717) is 17.6 Å². The summed E-state index contributed by atoms with van der Waals surface area (Å²) in [6.45, 7) is 4.64. The molecule has 0 spiro atoms. The Balaban J connectivity index is 1.10. The first-order valence-electron chi connectivity index (χ1n) is 22.3. The van der Waals surface area contributed by atoms with Gasteiger partial charge in [0.15, 0.2) is 11.6 Å². The lowest BCUT2D eigenvalue weighted by Crippen LogP contribution is -2.17. The lowest BCUT2D eigenvalue weighted by atomic mass is 9.80. The summed E-state index contributed by atoms with van der Waals surface area (Å²) in [5.41, 5.74) is 16.8. The van der Waals surface area contributed by atoms with E-state index in [-0.39, 0.29) is 5.41 Å². The van der Waals surface area contributed by atoms with Gasteiger partial charge in [0.25, 0.3) is 0 Å². The van der Waals surface area contributed by atoms with Crippen molar-refractivity contribution < 1.29 is 0 Å². The maximum Gasteiger partial charge on any atom is 0.238 e. The zero-order valence-corrected chi connectivity index (χ0v) is 35.9. The largest absolute Gasteiger partial charge is 0.307 e. The fraction of sp³-hybridized carbons (Fsp3) is 0.0500. The van der Waals surface area contributed by atoms with Crippen LogP contribution in [0.15, 0.2) is 212 Å². The molecule has 0 aliphatic heterocycles. The van der Waals surface area contributed by atoms with E-state index in [1.54, 1.807) is 0 Å². The van der Waals surface area contributed by atoms with Gasteiger partial charge in [0.05, 0.1) is 22.1 Å². The fourth-order valence-electron chi connectivity index (χ4n) is 10.6. The highest BCUT2D eigenvalue weighted by Crippen LogP contribution is 2.52. The third kappa shape index (κ3) is 5.68. The van der Waals surface area contributed by atoms with Crippen molar-refractivity contribution in [2.24, 2.45) is 0 Å². The fourth-order valence-corrected chi connectivity index (χ4v) is 10.6. The molecule has 0 atom stereocenters. The minimum Gasteiger partial charge on any atom is -0.307 e. The summed E-state index contributed by atoms with van der Waals surface area (Å²) in [7, 11) is 0. The van der Waals surface area contributed by atoms with Crippen molar-refractivity contribution in [1.82, 2.24) is 24.1 Å². The molecule has 0 saturated carbocycles. The van der Waals surface area contributed by atoms with E-state index in [4.69, 9.17) is 15.0 Å². The van der Waals surface area contributed by atoms with Crippen LogP contribution in [0.3, 0.4) is 0 Å². The third-order valence-corrected chi connectivity index (χ3v) is 13.6. The standard InChI is InChI=1S/C60H41N5/c1-60(2)51-31-12-9-26-44(51)47-29-17-30-50(54(47)60)58-61-57(39-20-7-4-8-21-39)62-59(63-58)65-53-33-14-11-28-46(53)49-35-34-48-45-27-10-13-32-52(45)64(55(48)56(49)65)43-25-16-24-42(37-43)41-23-15-22-40(36-41)38-18-5-3-6-19-38/h3-37H,1-2H3. The summed E-state index contributed by atoms with van der Waals surface area (Å²) in [6.07, 6.45) is 0. The van der Waals surface area contributed by atoms with Gasteiger partial charge >= 0.3 is 0 Å². The first-order chi connectivity index (χ1) is 32.0. The Kier molecular flexibility index (Phi) is 8.18. The number of benzene rings is 9. The van der Waals surface area contributed by atoms with Crippen molar-refractivity contribution in [3.8, 4) is 67.8 Å². The first-order valence-corrected chi connectivity index (χ1v) is 22.3. The summed E-state index contributed by atoms with van der Waals surface area (Å²) >= 11 is 0. The van der Waals surface area contributed by atoms with Gasteiger partial charge < -0.3 is 4.57 Å². The van der Waals surface area contributed by atoms with Gasteiger partial charge in [0.1, 0.15) is 0 Å². The van der Waals surface area contributed by atoms with Crippen molar-refractivity contribution in [3.05, 3.63) is 223 Å². The van der Waals surface area contributed by atoms with Crippen LogP contribution in [0.5, 0.6) is 0 Å².